The lowest BCUT2D eigenvalue weighted by Crippen LogP contribution is -2.30. The molecule has 132 valence electrons. The highest BCUT2D eigenvalue weighted by atomic mass is 16.2. The molecule has 0 unspecified atom stereocenters. The number of hydrogen-bond acceptors (Lipinski definition) is 3. The first kappa shape index (κ1) is 18.4. The van der Waals surface area contributed by atoms with Crippen molar-refractivity contribution in [3.8, 4) is 0 Å². The molecule has 2 N–H and O–H groups in total. The molecular formula is C19H24N4O2. The third-order valence-corrected chi connectivity index (χ3v) is 3.90. The normalized spacial score (nSPS) is 10.2. The summed E-state index contributed by atoms with van der Waals surface area (Å²) in [5.74, 6) is -0.0843. The van der Waals surface area contributed by atoms with E-state index in [4.69, 9.17) is 0 Å². The molecule has 0 saturated carbocycles. The van der Waals surface area contributed by atoms with E-state index in [1.54, 1.807) is 44.7 Å². The number of urea groups is 1. The van der Waals surface area contributed by atoms with E-state index in [-0.39, 0.29) is 11.9 Å². The van der Waals surface area contributed by atoms with Gasteiger partial charge in [0.05, 0.1) is 0 Å². The number of benzene rings is 1. The van der Waals surface area contributed by atoms with E-state index in [0.29, 0.717) is 17.8 Å². The van der Waals surface area contributed by atoms with E-state index in [0.717, 1.165) is 18.4 Å². The van der Waals surface area contributed by atoms with E-state index in [9.17, 15) is 9.59 Å². The molecule has 1 aromatic heterocycles. The van der Waals surface area contributed by atoms with Gasteiger partial charge >= 0.3 is 6.03 Å². The highest BCUT2D eigenvalue weighted by molar-refractivity contribution is 5.98. The summed E-state index contributed by atoms with van der Waals surface area (Å²) < 4.78 is 0. The number of aromatic nitrogens is 1. The molecule has 0 atom stereocenters. The minimum absolute atomic E-state index is 0.0843. The number of amides is 3. The molecule has 0 fully saturated rings. The van der Waals surface area contributed by atoms with Gasteiger partial charge in [-0.05, 0) is 55.2 Å². The molecule has 2 rings (SSSR count). The number of rotatable bonds is 6. The molecule has 25 heavy (non-hydrogen) atoms. The third kappa shape index (κ3) is 5.31. The molecule has 2 aromatic rings. The largest absolute Gasteiger partial charge is 0.345 e. The quantitative estimate of drug-likeness (QED) is 0.794. The van der Waals surface area contributed by atoms with Crippen LogP contribution in [0.5, 0.6) is 0 Å². The molecule has 1 heterocycles. The van der Waals surface area contributed by atoms with Crippen LogP contribution in [-0.2, 0) is 6.42 Å². The van der Waals surface area contributed by atoms with Crippen LogP contribution >= 0.6 is 0 Å². The highest BCUT2D eigenvalue weighted by Gasteiger charge is 2.14. The summed E-state index contributed by atoms with van der Waals surface area (Å²) in [5.41, 5.74) is 3.18. The predicted molar refractivity (Wildman–Crippen MR) is 98.8 cm³/mol. The van der Waals surface area contributed by atoms with Gasteiger partial charge in [-0.15, -0.1) is 0 Å². The Balaban J connectivity index is 1.86. The monoisotopic (exact) mass is 340 g/mol. The summed E-state index contributed by atoms with van der Waals surface area (Å²) in [6, 6.07) is 8.98. The molecule has 0 bridgehead atoms. The summed E-state index contributed by atoms with van der Waals surface area (Å²) in [6.45, 7) is 2.40. The summed E-state index contributed by atoms with van der Waals surface area (Å²) in [4.78, 5) is 29.7. The van der Waals surface area contributed by atoms with Gasteiger partial charge in [-0.1, -0.05) is 6.07 Å². The predicted octanol–water partition coefficient (Wildman–Crippen LogP) is 2.85. The van der Waals surface area contributed by atoms with E-state index < -0.39 is 0 Å². The van der Waals surface area contributed by atoms with Crippen molar-refractivity contribution in [2.75, 3.05) is 26.0 Å². The van der Waals surface area contributed by atoms with Gasteiger partial charge in [-0.25, -0.2) is 4.79 Å². The molecule has 0 aliphatic heterocycles. The molecule has 1 aromatic carbocycles. The fourth-order valence-corrected chi connectivity index (χ4v) is 2.45. The molecule has 0 radical (unpaired) electrons. The van der Waals surface area contributed by atoms with Crippen molar-refractivity contribution in [2.24, 2.45) is 0 Å². The number of carbonyl (C=O) groups excluding carboxylic acids is 2. The Morgan fingerprint density at radius 2 is 1.84 bits per heavy atom. The molecule has 0 spiro atoms. The zero-order chi connectivity index (χ0) is 18.2. The molecule has 0 saturated heterocycles. The number of hydrogen-bond donors (Lipinski definition) is 2. The number of aryl methyl sites for hydroxylation is 1. The second-order valence-electron chi connectivity index (χ2n) is 6.02. The Morgan fingerprint density at radius 1 is 1.12 bits per heavy atom. The van der Waals surface area contributed by atoms with Crippen molar-refractivity contribution < 1.29 is 9.59 Å². The maximum absolute atomic E-state index is 12.1. The van der Waals surface area contributed by atoms with E-state index >= 15 is 0 Å². The first-order chi connectivity index (χ1) is 12.0. The number of nitrogens with one attached hydrogen (secondary N) is 2. The highest BCUT2D eigenvalue weighted by Crippen LogP contribution is 2.19. The number of anilines is 1. The second-order valence-corrected chi connectivity index (χ2v) is 6.02. The first-order valence-electron chi connectivity index (χ1n) is 8.24. The van der Waals surface area contributed by atoms with Crippen molar-refractivity contribution in [3.05, 3.63) is 59.4 Å². The average molecular weight is 340 g/mol. The Labute approximate surface area is 148 Å². The Hall–Kier alpha value is -2.89. The fourth-order valence-electron chi connectivity index (χ4n) is 2.45. The molecule has 6 nitrogen and oxygen atoms in total. The van der Waals surface area contributed by atoms with Gasteiger partial charge in [-0.2, -0.15) is 0 Å². The summed E-state index contributed by atoms with van der Waals surface area (Å²) in [7, 11) is 3.41. The van der Waals surface area contributed by atoms with Crippen LogP contribution in [0.3, 0.4) is 0 Å². The number of nitrogens with zero attached hydrogens (tertiary/aromatic N) is 2. The van der Waals surface area contributed by atoms with Crippen molar-refractivity contribution in [2.45, 2.75) is 19.8 Å². The van der Waals surface area contributed by atoms with Crippen LogP contribution in [0.2, 0.25) is 0 Å². The van der Waals surface area contributed by atoms with Crippen molar-refractivity contribution in [1.29, 1.82) is 0 Å². The Morgan fingerprint density at radius 3 is 2.52 bits per heavy atom. The lowest BCUT2D eigenvalue weighted by molar-refractivity contribution is 0.0827. The smallest absolute Gasteiger partial charge is 0.319 e. The number of pyridine rings is 1. The minimum Gasteiger partial charge on any atom is -0.345 e. The Kier molecular flexibility index (Phi) is 6.51. The van der Waals surface area contributed by atoms with Crippen molar-refractivity contribution in [1.82, 2.24) is 15.2 Å². The zero-order valence-corrected chi connectivity index (χ0v) is 14.9. The van der Waals surface area contributed by atoms with Gasteiger partial charge in [0, 0.05) is 44.3 Å². The van der Waals surface area contributed by atoms with Gasteiger partial charge in [0.2, 0.25) is 0 Å². The van der Waals surface area contributed by atoms with E-state index in [2.05, 4.69) is 15.6 Å². The standard InChI is InChI=1S/C19H24N4O2/c1-14-16(18(24)23(2)3)7-4-8-17(14)22-19(25)21-11-5-6-15-9-12-20-13-10-15/h4,7-10,12-13H,5-6,11H2,1-3H3,(H2,21,22,25). The van der Waals surface area contributed by atoms with Crippen LogP contribution < -0.4 is 10.6 Å². The summed E-state index contributed by atoms with van der Waals surface area (Å²) >= 11 is 0. The van der Waals surface area contributed by atoms with Gasteiger partial charge in [0.15, 0.2) is 0 Å². The van der Waals surface area contributed by atoms with Crippen LogP contribution in [0, 0.1) is 6.92 Å². The van der Waals surface area contributed by atoms with Gasteiger partial charge in [0.25, 0.3) is 5.91 Å². The Bertz CT molecular complexity index is 729. The van der Waals surface area contributed by atoms with Gasteiger partial charge in [0.1, 0.15) is 0 Å². The minimum atomic E-state index is -0.271. The first-order valence-corrected chi connectivity index (χ1v) is 8.24. The molecule has 6 heteroatoms. The van der Waals surface area contributed by atoms with Crippen LogP contribution in [0.15, 0.2) is 42.7 Å². The molecule has 0 aliphatic carbocycles. The zero-order valence-electron chi connectivity index (χ0n) is 14.9. The van der Waals surface area contributed by atoms with Crippen molar-refractivity contribution in [3.63, 3.8) is 0 Å². The number of carbonyl (C=O) groups is 2. The lowest BCUT2D eigenvalue weighted by atomic mass is 10.1. The lowest BCUT2D eigenvalue weighted by Gasteiger charge is -2.15. The van der Waals surface area contributed by atoms with Crippen molar-refractivity contribution >= 4 is 17.6 Å². The summed E-state index contributed by atoms with van der Waals surface area (Å²) in [6.07, 6.45) is 5.25. The van der Waals surface area contributed by atoms with Crippen LogP contribution in [0.25, 0.3) is 0 Å². The molecule has 0 aliphatic rings. The van der Waals surface area contributed by atoms with E-state index in [1.165, 1.54) is 10.5 Å². The molecule has 3 amide bonds. The SMILES string of the molecule is Cc1c(NC(=O)NCCCc2ccncc2)cccc1C(=O)N(C)C. The van der Waals surface area contributed by atoms with Crippen LogP contribution in [0.4, 0.5) is 10.5 Å². The van der Waals surface area contributed by atoms with Gasteiger partial charge < -0.3 is 15.5 Å². The van der Waals surface area contributed by atoms with Crippen LogP contribution in [-0.4, -0.2) is 42.5 Å². The molecular weight excluding hydrogens is 316 g/mol. The van der Waals surface area contributed by atoms with Gasteiger partial charge in [-0.3, -0.25) is 9.78 Å². The topological polar surface area (TPSA) is 74.3 Å². The average Bonchev–Trinajstić information content (AvgIpc) is 2.61. The fraction of sp³-hybridized carbons (Fsp3) is 0.316. The maximum Gasteiger partial charge on any atom is 0.319 e. The maximum atomic E-state index is 12.1. The summed E-state index contributed by atoms with van der Waals surface area (Å²) in [5, 5.41) is 5.65. The second kappa shape index (κ2) is 8.82. The van der Waals surface area contributed by atoms with Crippen LogP contribution in [0.1, 0.15) is 27.9 Å². The van der Waals surface area contributed by atoms with E-state index in [1.807, 2.05) is 19.1 Å². The third-order valence-electron chi connectivity index (χ3n) is 3.90.